The fraction of sp³-hybridized carbons (Fsp3) is 0.410. The summed E-state index contributed by atoms with van der Waals surface area (Å²) in [5.41, 5.74) is 3.58. The zero-order valence-corrected chi connectivity index (χ0v) is 30.9. The Bertz CT molecular complexity index is 1970. The van der Waals surface area contributed by atoms with E-state index in [1.165, 1.54) is 0 Å². The van der Waals surface area contributed by atoms with Gasteiger partial charge < -0.3 is 36.0 Å². The van der Waals surface area contributed by atoms with Gasteiger partial charge in [0.2, 0.25) is 11.8 Å². The highest BCUT2D eigenvalue weighted by atomic mass is 35.5. The molecule has 6 N–H and O–H groups in total. The zero-order chi connectivity index (χ0) is 37.6. The second-order valence-electron chi connectivity index (χ2n) is 14.7. The van der Waals surface area contributed by atoms with Gasteiger partial charge in [-0.2, -0.15) is 0 Å². The summed E-state index contributed by atoms with van der Waals surface area (Å²) < 4.78 is 5.34. The number of halogens is 1. The number of ether oxygens (including phenoxy) is 1. The molecule has 1 aliphatic rings. The van der Waals surface area contributed by atoms with Gasteiger partial charge in [-0.25, -0.2) is 9.59 Å². The fourth-order valence-electron chi connectivity index (χ4n) is 6.30. The van der Waals surface area contributed by atoms with Gasteiger partial charge in [-0.3, -0.25) is 14.4 Å². The van der Waals surface area contributed by atoms with Crippen LogP contribution in [-0.2, 0) is 20.7 Å². The molecule has 0 spiro atoms. The van der Waals surface area contributed by atoms with Gasteiger partial charge in [0.15, 0.2) is 0 Å². The molecule has 0 saturated heterocycles. The van der Waals surface area contributed by atoms with E-state index in [2.05, 4.69) is 31.2 Å². The molecule has 4 amide bonds. The van der Waals surface area contributed by atoms with Gasteiger partial charge in [0.05, 0.1) is 11.0 Å². The molecular formula is C39H47ClN6O6. The summed E-state index contributed by atoms with van der Waals surface area (Å²) in [7, 11) is 0. The van der Waals surface area contributed by atoms with Crippen LogP contribution in [0.4, 0.5) is 10.5 Å². The quantitative estimate of drug-likeness (QED) is 0.105. The van der Waals surface area contributed by atoms with Gasteiger partial charge in [-0.15, -0.1) is 0 Å². The molecule has 1 unspecified atom stereocenters. The van der Waals surface area contributed by atoms with Crippen LogP contribution in [0.5, 0.6) is 0 Å². The molecule has 1 fully saturated rings. The van der Waals surface area contributed by atoms with Crippen LogP contribution < -0.4 is 27.0 Å². The Morgan fingerprint density at radius 2 is 1.58 bits per heavy atom. The Morgan fingerprint density at radius 3 is 2.23 bits per heavy atom. The van der Waals surface area contributed by atoms with Gasteiger partial charge in [0.25, 0.3) is 5.91 Å². The van der Waals surface area contributed by atoms with Crippen LogP contribution in [-0.4, -0.2) is 58.0 Å². The monoisotopic (exact) mass is 730 g/mol. The van der Waals surface area contributed by atoms with E-state index in [1.54, 1.807) is 36.4 Å². The smallest absolute Gasteiger partial charge is 0.407 e. The third-order valence-corrected chi connectivity index (χ3v) is 9.24. The van der Waals surface area contributed by atoms with E-state index >= 15 is 0 Å². The van der Waals surface area contributed by atoms with Gasteiger partial charge in [-0.05, 0) is 108 Å². The number of hydrogen-bond donors (Lipinski definition) is 6. The molecule has 276 valence electrons. The van der Waals surface area contributed by atoms with Gasteiger partial charge in [-0.1, -0.05) is 41.9 Å². The van der Waals surface area contributed by atoms with E-state index in [-0.39, 0.29) is 41.8 Å². The third kappa shape index (κ3) is 10.5. The second kappa shape index (κ2) is 16.5. The van der Waals surface area contributed by atoms with E-state index in [0.29, 0.717) is 46.7 Å². The minimum atomic E-state index is -0.895. The Morgan fingerprint density at radius 1 is 0.885 bits per heavy atom. The molecule has 1 atom stereocenters. The Kier molecular flexibility index (Phi) is 12.1. The number of aromatic nitrogens is 2. The highest BCUT2D eigenvalue weighted by Gasteiger charge is 2.30. The maximum Gasteiger partial charge on any atom is 0.407 e. The first-order valence-corrected chi connectivity index (χ1v) is 18.0. The summed E-state index contributed by atoms with van der Waals surface area (Å²) in [5.74, 6) is -0.845. The van der Waals surface area contributed by atoms with Crippen LogP contribution in [0.2, 0.25) is 5.02 Å². The SMILES string of the molecule is CC(C)NC(=O)c1ccc(-c2ccc(CC(NC(=O)C3CCC(CNC(=O)OC(C)(C)C)CC3)C(=O)Nc3ccc4[nH]c(=O)[nH]c4c3)cc2)c(Cl)c1. The molecule has 0 aliphatic heterocycles. The van der Waals surface area contributed by atoms with Crippen molar-refractivity contribution in [3.05, 3.63) is 87.3 Å². The van der Waals surface area contributed by atoms with Gasteiger partial charge >= 0.3 is 11.8 Å². The normalized spacial score (nSPS) is 16.6. The number of hydrogen-bond acceptors (Lipinski definition) is 6. The number of carbonyl (C=O) groups excluding carboxylic acids is 4. The van der Waals surface area contributed by atoms with Crippen molar-refractivity contribution in [2.75, 3.05) is 11.9 Å². The van der Waals surface area contributed by atoms with Crippen LogP contribution in [0.25, 0.3) is 22.2 Å². The maximum atomic E-state index is 13.8. The number of aromatic amines is 2. The van der Waals surface area contributed by atoms with Crippen molar-refractivity contribution in [3.8, 4) is 11.1 Å². The number of nitrogens with one attached hydrogen (secondary N) is 6. The van der Waals surface area contributed by atoms with E-state index in [0.717, 1.165) is 29.5 Å². The number of carbonyl (C=O) groups is 4. The lowest BCUT2D eigenvalue weighted by molar-refractivity contribution is -0.130. The van der Waals surface area contributed by atoms with Crippen molar-refractivity contribution in [1.29, 1.82) is 0 Å². The summed E-state index contributed by atoms with van der Waals surface area (Å²) in [6, 6.07) is 16.9. The molecule has 13 heteroatoms. The standard InChI is InChI=1S/C39H47ClN6O6/c1-22(2)42-35(48)27-14-16-29(30(40)19-27)25-10-6-23(7-11-25)18-33(36(49)43-28-15-17-31-32(20-28)46-37(50)45-31)44-34(47)26-12-8-24(9-13-26)21-41-38(51)52-39(3,4)5/h6-7,10-11,14-17,19-20,22,24,26,33H,8-9,12-13,18,21H2,1-5H3,(H,41,51)(H,42,48)(H,43,49)(H,44,47)(H2,45,46,50). The van der Waals surface area contributed by atoms with Crippen LogP contribution in [0.1, 0.15) is 76.2 Å². The van der Waals surface area contributed by atoms with Crippen molar-refractivity contribution in [3.63, 3.8) is 0 Å². The lowest BCUT2D eigenvalue weighted by atomic mass is 9.81. The highest BCUT2D eigenvalue weighted by molar-refractivity contribution is 6.33. The Labute approximate surface area is 307 Å². The third-order valence-electron chi connectivity index (χ3n) is 8.92. The first-order chi connectivity index (χ1) is 24.6. The number of amides is 4. The minimum Gasteiger partial charge on any atom is -0.444 e. The van der Waals surface area contributed by atoms with Crippen LogP contribution in [0.3, 0.4) is 0 Å². The summed E-state index contributed by atoms with van der Waals surface area (Å²) in [6.45, 7) is 9.70. The minimum absolute atomic E-state index is 0.00242. The first-order valence-electron chi connectivity index (χ1n) is 17.6. The summed E-state index contributed by atoms with van der Waals surface area (Å²) in [6.07, 6.45) is 2.54. The number of imidazole rings is 1. The van der Waals surface area contributed by atoms with Gasteiger partial charge in [0.1, 0.15) is 11.6 Å². The van der Waals surface area contributed by atoms with Crippen molar-refractivity contribution in [2.24, 2.45) is 11.8 Å². The molecule has 1 saturated carbocycles. The number of anilines is 1. The predicted octanol–water partition coefficient (Wildman–Crippen LogP) is 6.31. The summed E-state index contributed by atoms with van der Waals surface area (Å²) in [5, 5.41) is 12.0. The largest absolute Gasteiger partial charge is 0.444 e. The lowest BCUT2D eigenvalue weighted by Gasteiger charge is -2.29. The molecule has 12 nitrogen and oxygen atoms in total. The lowest BCUT2D eigenvalue weighted by Crippen LogP contribution is -2.48. The highest BCUT2D eigenvalue weighted by Crippen LogP contribution is 2.31. The molecule has 52 heavy (non-hydrogen) atoms. The van der Waals surface area contributed by atoms with Gasteiger partial charge in [0, 0.05) is 46.8 Å². The van der Waals surface area contributed by atoms with E-state index in [9.17, 15) is 24.0 Å². The molecule has 0 radical (unpaired) electrons. The molecule has 0 bridgehead atoms. The van der Waals surface area contributed by atoms with E-state index in [1.807, 2.05) is 58.9 Å². The maximum absolute atomic E-state index is 13.8. The molecular weight excluding hydrogens is 684 g/mol. The molecule has 4 aromatic rings. The Hall–Kier alpha value is -5.10. The number of H-pyrrole nitrogens is 2. The summed E-state index contributed by atoms with van der Waals surface area (Å²) >= 11 is 6.59. The number of fused-ring (bicyclic) bond motifs is 1. The number of alkyl carbamates (subject to hydrolysis) is 1. The predicted molar refractivity (Wildman–Crippen MR) is 202 cm³/mol. The zero-order valence-electron chi connectivity index (χ0n) is 30.2. The average Bonchev–Trinajstić information content (AvgIpc) is 3.45. The molecule has 3 aromatic carbocycles. The summed E-state index contributed by atoms with van der Waals surface area (Å²) in [4.78, 5) is 69.0. The number of rotatable bonds is 11. The number of benzene rings is 3. The molecule has 1 aliphatic carbocycles. The average molecular weight is 731 g/mol. The first kappa shape index (κ1) is 38.1. The molecule has 5 rings (SSSR count). The van der Waals surface area contributed by atoms with Crippen LogP contribution in [0, 0.1) is 11.8 Å². The van der Waals surface area contributed by atoms with Crippen LogP contribution >= 0.6 is 11.6 Å². The topological polar surface area (TPSA) is 174 Å². The van der Waals surface area contributed by atoms with Crippen molar-refractivity contribution in [1.82, 2.24) is 25.9 Å². The van der Waals surface area contributed by atoms with Crippen LogP contribution in [0.15, 0.2) is 65.5 Å². The van der Waals surface area contributed by atoms with Crippen molar-refractivity contribution >= 4 is 52.1 Å². The van der Waals surface area contributed by atoms with E-state index in [4.69, 9.17) is 16.3 Å². The Balaban J connectivity index is 1.26. The second-order valence-corrected chi connectivity index (χ2v) is 15.1. The van der Waals surface area contributed by atoms with Crippen molar-refractivity contribution < 1.29 is 23.9 Å². The fourth-order valence-corrected chi connectivity index (χ4v) is 6.59. The molecule has 1 aromatic heterocycles. The van der Waals surface area contributed by atoms with E-state index < -0.39 is 23.6 Å². The molecule has 1 heterocycles. The van der Waals surface area contributed by atoms with Crippen molar-refractivity contribution in [2.45, 2.75) is 84.4 Å².